The first-order valence-electron chi connectivity index (χ1n) is 20.0. The maximum Gasteiger partial charge on any atom is 0.116 e. The van der Waals surface area contributed by atoms with Gasteiger partial charge in [-0.25, -0.2) is 0 Å². The van der Waals surface area contributed by atoms with E-state index in [0.717, 1.165) is 42.9 Å². The van der Waals surface area contributed by atoms with Gasteiger partial charge in [-0.1, -0.05) is 96.0 Å². The third kappa shape index (κ3) is 6.00. The van der Waals surface area contributed by atoms with Crippen LogP contribution in [0.5, 0.6) is 5.75 Å². The van der Waals surface area contributed by atoms with Crippen molar-refractivity contribution >= 4 is 21.6 Å². The van der Waals surface area contributed by atoms with Gasteiger partial charge in [0, 0.05) is 29.0 Å². The lowest BCUT2D eigenvalue weighted by atomic mass is 9.36. The number of fused-ring (bicyclic) bond motifs is 5. The second-order valence-electron chi connectivity index (χ2n) is 18.6. The van der Waals surface area contributed by atoms with Gasteiger partial charge >= 0.3 is 0 Å². The average molecular weight is 694 g/mol. The van der Waals surface area contributed by atoms with Gasteiger partial charge < -0.3 is 10.4 Å². The van der Waals surface area contributed by atoms with E-state index in [-0.39, 0.29) is 5.41 Å². The van der Waals surface area contributed by atoms with Gasteiger partial charge in [0.05, 0.1) is 0 Å². The quantitative estimate of drug-likeness (QED) is 0.212. The van der Waals surface area contributed by atoms with Crippen LogP contribution in [0, 0.1) is 45.3 Å². The van der Waals surface area contributed by atoms with E-state index in [1.54, 1.807) is 0 Å². The summed E-state index contributed by atoms with van der Waals surface area (Å²) < 4.78 is 0. The zero-order valence-electron chi connectivity index (χ0n) is 30.1. The van der Waals surface area contributed by atoms with Gasteiger partial charge in [-0.3, -0.25) is 0 Å². The average Bonchev–Trinajstić information content (AvgIpc) is 3.67. The van der Waals surface area contributed by atoms with Crippen molar-refractivity contribution in [3.63, 3.8) is 0 Å². The van der Waals surface area contributed by atoms with Crippen molar-refractivity contribution in [3.05, 3.63) is 89.0 Å². The van der Waals surface area contributed by atoms with Gasteiger partial charge in [0.2, 0.25) is 0 Å². The molecular formula is C45H59NOS2. The van der Waals surface area contributed by atoms with E-state index < -0.39 is 0 Å². The highest BCUT2D eigenvalue weighted by molar-refractivity contribution is 8.77. The van der Waals surface area contributed by atoms with Crippen molar-refractivity contribution in [1.29, 1.82) is 0 Å². The second kappa shape index (κ2) is 12.8. The Balaban J connectivity index is 1.14. The Morgan fingerprint density at radius 2 is 1.65 bits per heavy atom. The Morgan fingerprint density at radius 3 is 2.51 bits per heavy atom. The molecule has 4 saturated carbocycles. The molecule has 1 heterocycles. The maximum absolute atomic E-state index is 11.2. The smallest absolute Gasteiger partial charge is 0.116 e. The third-order valence-electron chi connectivity index (χ3n) is 15.2. The number of rotatable bonds is 0. The number of phenols is 1. The first-order chi connectivity index (χ1) is 23.8. The highest BCUT2D eigenvalue weighted by Crippen LogP contribution is 2.76. The number of aromatic hydroxyl groups is 1. The number of benzene rings is 2. The summed E-state index contributed by atoms with van der Waals surface area (Å²) in [4.78, 5) is 0. The molecule has 2 aromatic rings. The molecule has 2 N–H and O–H groups in total. The molecule has 7 aliphatic rings. The monoisotopic (exact) mass is 693 g/mol. The van der Waals surface area contributed by atoms with Gasteiger partial charge in [-0.15, -0.1) is 0 Å². The van der Waals surface area contributed by atoms with Crippen LogP contribution in [0.4, 0.5) is 0 Å². The first-order valence-corrected chi connectivity index (χ1v) is 22.4. The number of phenolic OH excluding ortho intramolecular Hbond substituents is 1. The molecule has 9 rings (SSSR count). The molecule has 262 valence electrons. The minimum Gasteiger partial charge on any atom is -0.508 e. The molecule has 4 fully saturated rings. The van der Waals surface area contributed by atoms with Crippen molar-refractivity contribution < 1.29 is 5.11 Å². The van der Waals surface area contributed by atoms with E-state index in [2.05, 4.69) is 101 Å². The van der Waals surface area contributed by atoms with Crippen LogP contribution in [0.2, 0.25) is 0 Å². The van der Waals surface area contributed by atoms with Gasteiger partial charge in [0.1, 0.15) is 5.75 Å². The SMILES string of the molecule is CC1CC=CC2(C1)CC1(CCC3(CCCC3)C1)CC1C3Cc4cc(O)cc(c4)Cc4ccccc4CNC(C)CSSC4C=CC12CC4C3. The summed E-state index contributed by atoms with van der Waals surface area (Å²) in [6.07, 6.45) is 31.7. The maximum atomic E-state index is 11.2. The van der Waals surface area contributed by atoms with Gasteiger partial charge in [-0.05, 0) is 165 Å². The van der Waals surface area contributed by atoms with E-state index in [1.807, 2.05) is 6.07 Å². The molecule has 2 aromatic carbocycles. The Bertz CT molecular complexity index is 1610. The van der Waals surface area contributed by atoms with Crippen LogP contribution in [0.1, 0.15) is 120 Å². The molecule has 49 heavy (non-hydrogen) atoms. The Labute approximate surface area is 304 Å². The number of hydrogen-bond acceptors (Lipinski definition) is 4. The minimum absolute atomic E-state index is 0.264. The predicted molar refractivity (Wildman–Crippen MR) is 209 cm³/mol. The molecule has 0 amide bonds. The molecule has 4 heteroatoms. The van der Waals surface area contributed by atoms with Crippen molar-refractivity contribution in [2.24, 2.45) is 45.3 Å². The molecule has 0 radical (unpaired) electrons. The summed E-state index contributed by atoms with van der Waals surface area (Å²) in [6.45, 7) is 5.80. The van der Waals surface area contributed by atoms with Gasteiger partial charge in [0.25, 0.3) is 0 Å². The molecule has 9 atom stereocenters. The van der Waals surface area contributed by atoms with Crippen LogP contribution >= 0.6 is 21.6 Å². The van der Waals surface area contributed by atoms with Crippen molar-refractivity contribution in [2.75, 3.05) is 5.75 Å². The Morgan fingerprint density at radius 1 is 0.837 bits per heavy atom. The second-order valence-corrected chi connectivity index (χ2v) is 21.2. The van der Waals surface area contributed by atoms with Crippen LogP contribution in [-0.2, 0) is 19.4 Å². The predicted octanol–water partition coefficient (Wildman–Crippen LogP) is 11.5. The summed E-state index contributed by atoms with van der Waals surface area (Å²) in [5.74, 6) is 4.46. The summed E-state index contributed by atoms with van der Waals surface area (Å²) in [7, 11) is 4.28. The first kappa shape index (κ1) is 33.2. The highest BCUT2D eigenvalue weighted by Gasteiger charge is 2.67. The summed E-state index contributed by atoms with van der Waals surface area (Å²) in [5, 5.41) is 15.6. The lowest BCUT2D eigenvalue weighted by molar-refractivity contribution is -0.136. The summed E-state index contributed by atoms with van der Waals surface area (Å²) >= 11 is 0. The van der Waals surface area contributed by atoms with Crippen LogP contribution in [-0.4, -0.2) is 22.2 Å². The molecule has 4 spiro atoms. The molecule has 1 aliphatic heterocycles. The minimum atomic E-state index is 0.264. The van der Waals surface area contributed by atoms with E-state index >= 15 is 0 Å². The molecule has 2 nitrogen and oxygen atoms in total. The number of hydrogen-bond donors (Lipinski definition) is 2. The largest absolute Gasteiger partial charge is 0.508 e. The fourth-order valence-electron chi connectivity index (χ4n) is 13.4. The fourth-order valence-corrected chi connectivity index (χ4v) is 16.5. The van der Waals surface area contributed by atoms with E-state index in [0.29, 0.717) is 39.2 Å². The molecule has 0 aromatic heterocycles. The highest BCUT2D eigenvalue weighted by atomic mass is 33.1. The molecular weight excluding hydrogens is 635 g/mol. The third-order valence-corrected chi connectivity index (χ3v) is 18.2. The lowest BCUT2D eigenvalue weighted by Crippen LogP contribution is -2.61. The van der Waals surface area contributed by atoms with Crippen LogP contribution < -0.4 is 5.32 Å². The number of allylic oxidation sites excluding steroid dienone is 3. The zero-order chi connectivity index (χ0) is 33.3. The van der Waals surface area contributed by atoms with Crippen LogP contribution in [0.3, 0.4) is 0 Å². The Kier molecular flexibility index (Phi) is 8.68. The summed E-state index contributed by atoms with van der Waals surface area (Å²) in [6, 6.07) is 16.0. The van der Waals surface area contributed by atoms with E-state index in [4.69, 9.17) is 0 Å². The van der Waals surface area contributed by atoms with E-state index in [9.17, 15) is 5.11 Å². The summed E-state index contributed by atoms with van der Waals surface area (Å²) in [5.41, 5.74) is 7.09. The Hall–Kier alpha value is -1.62. The van der Waals surface area contributed by atoms with Crippen LogP contribution in [0.25, 0.3) is 0 Å². The standard InChI is InChI=1S/C45H59NOS2/c1-31-8-7-14-44(24-31)30-43(17-16-42(29-43)12-5-6-13-42)26-40-37-20-34-18-33(21-39(47)22-34)19-35-9-3-4-10-36(35)27-46-32(2)28-48-49-41-11-15-45(40,44)25-38(41)23-37/h3-4,7,9-11,14-15,18,21-22,31-32,37-38,40-41,46-47H,5-6,8,12-13,16-17,19-20,23-30H2,1-2H3. The van der Waals surface area contributed by atoms with E-state index in [1.165, 1.54) is 106 Å². The normalized spacial score (nSPS) is 41.2. The van der Waals surface area contributed by atoms with Crippen molar-refractivity contribution in [3.8, 4) is 5.75 Å². The topological polar surface area (TPSA) is 32.3 Å². The molecule has 6 aliphatic carbocycles. The van der Waals surface area contributed by atoms with Crippen molar-refractivity contribution in [2.45, 2.75) is 128 Å². The van der Waals surface area contributed by atoms with Crippen LogP contribution in [0.15, 0.2) is 66.8 Å². The molecule has 5 bridgehead atoms. The van der Waals surface area contributed by atoms with Crippen molar-refractivity contribution in [1.82, 2.24) is 5.32 Å². The number of nitrogens with one attached hydrogen (secondary N) is 1. The molecule has 9 unspecified atom stereocenters. The molecule has 0 saturated heterocycles. The fraction of sp³-hybridized carbons (Fsp3) is 0.644. The zero-order valence-corrected chi connectivity index (χ0v) is 31.7. The van der Waals surface area contributed by atoms with Gasteiger partial charge in [-0.2, -0.15) is 0 Å². The lowest BCUT2D eigenvalue weighted by Gasteiger charge is -2.68. The van der Waals surface area contributed by atoms with Gasteiger partial charge in [0.15, 0.2) is 0 Å².